The van der Waals surface area contributed by atoms with Crippen molar-refractivity contribution in [3.8, 4) is 22.9 Å². The maximum atomic E-state index is 12.5. The number of carboxylic acids is 1. The fraction of sp³-hybridized carbons (Fsp3) is 0.320. The van der Waals surface area contributed by atoms with Crippen molar-refractivity contribution in [2.75, 3.05) is 13.1 Å². The lowest BCUT2D eigenvalue weighted by Gasteiger charge is -2.27. The van der Waals surface area contributed by atoms with Gasteiger partial charge in [-0.05, 0) is 54.4 Å². The van der Waals surface area contributed by atoms with E-state index in [1.807, 2.05) is 12.1 Å². The molecule has 4 rings (SSSR count). The van der Waals surface area contributed by atoms with Crippen molar-refractivity contribution >= 4 is 5.97 Å². The third-order valence-electron chi connectivity index (χ3n) is 5.52. The monoisotopic (exact) mass is 487 g/mol. The molecule has 1 aliphatic heterocycles. The van der Waals surface area contributed by atoms with Crippen LogP contribution in [0.15, 0.2) is 48.7 Å². The average Bonchev–Trinajstić information content (AvgIpc) is 2.80. The number of halogens is 3. The molecule has 1 N–H and O–H groups in total. The summed E-state index contributed by atoms with van der Waals surface area (Å²) in [4.78, 5) is 22.0. The van der Waals surface area contributed by atoms with Crippen LogP contribution in [0.4, 0.5) is 13.2 Å². The highest BCUT2D eigenvalue weighted by Gasteiger charge is 2.31. The van der Waals surface area contributed by atoms with E-state index in [9.17, 15) is 18.0 Å². The number of ether oxygens (including phenoxy) is 2. The molecule has 0 amide bonds. The third-order valence-corrected chi connectivity index (χ3v) is 5.52. The van der Waals surface area contributed by atoms with E-state index in [1.54, 1.807) is 31.3 Å². The van der Waals surface area contributed by atoms with Crippen molar-refractivity contribution in [1.82, 2.24) is 14.9 Å². The molecule has 0 saturated carbocycles. The molecule has 0 unspecified atom stereocenters. The van der Waals surface area contributed by atoms with Gasteiger partial charge in [-0.2, -0.15) is 0 Å². The molecule has 35 heavy (non-hydrogen) atoms. The zero-order valence-corrected chi connectivity index (χ0v) is 19.0. The zero-order valence-electron chi connectivity index (χ0n) is 19.0. The molecule has 2 aromatic carbocycles. The molecule has 0 fully saturated rings. The number of aryl methyl sites for hydroxylation is 1. The highest BCUT2D eigenvalue weighted by molar-refractivity contribution is 5.66. The first kappa shape index (κ1) is 24.5. The van der Waals surface area contributed by atoms with Gasteiger partial charge in [-0.3, -0.25) is 9.69 Å². The van der Waals surface area contributed by atoms with Gasteiger partial charge in [0.1, 0.15) is 18.1 Å². The Kier molecular flexibility index (Phi) is 7.20. The number of nitrogens with zero attached hydrogens (tertiary/aromatic N) is 3. The van der Waals surface area contributed by atoms with Gasteiger partial charge in [0.15, 0.2) is 5.82 Å². The molecular formula is C25H24F3N3O4. The Hall–Kier alpha value is -3.66. The second-order valence-electron chi connectivity index (χ2n) is 8.35. The van der Waals surface area contributed by atoms with Crippen molar-refractivity contribution in [3.05, 3.63) is 71.0 Å². The fourth-order valence-electron chi connectivity index (χ4n) is 3.93. The van der Waals surface area contributed by atoms with Crippen LogP contribution < -0.4 is 9.47 Å². The van der Waals surface area contributed by atoms with Crippen LogP contribution in [0, 0.1) is 6.92 Å². The van der Waals surface area contributed by atoms with E-state index in [0.29, 0.717) is 35.8 Å². The lowest BCUT2D eigenvalue weighted by Crippen LogP contribution is -2.33. The topological polar surface area (TPSA) is 84.8 Å². The second-order valence-corrected chi connectivity index (χ2v) is 8.35. The summed E-state index contributed by atoms with van der Waals surface area (Å²) in [7, 11) is 0. The summed E-state index contributed by atoms with van der Waals surface area (Å²) < 4.78 is 47.3. The van der Waals surface area contributed by atoms with Gasteiger partial charge in [-0.25, -0.2) is 9.97 Å². The molecule has 0 bridgehead atoms. The number of carbonyl (C=O) groups is 1. The first-order chi connectivity index (χ1) is 16.6. The molecule has 1 aliphatic rings. The quantitative estimate of drug-likeness (QED) is 0.490. The van der Waals surface area contributed by atoms with E-state index < -0.39 is 12.3 Å². The van der Waals surface area contributed by atoms with E-state index in [-0.39, 0.29) is 18.8 Å². The first-order valence-corrected chi connectivity index (χ1v) is 11.0. The Morgan fingerprint density at radius 2 is 1.91 bits per heavy atom. The largest absolute Gasteiger partial charge is 0.573 e. The molecule has 10 heteroatoms. The van der Waals surface area contributed by atoms with Gasteiger partial charge in [-0.1, -0.05) is 6.07 Å². The fourth-order valence-corrected chi connectivity index (χ4v) is 3.93. The number of aromatic nitrogens is 2. The van der Waals surface area contributed by atoms with Gasteiger partial charge < -0.3 is 14.6 Å². The predicted molar refractivity (Wildman–Crippen MR) is 121 cm³/mol. The number of alkyl halides is 3. The Morgan fingerprint density at radius 1 is 1.14 bits per heavy atom. The summed E-state index contributed by atoms with van der Waals surface area (Å²) >= 11 is 0. The van der Waals surface area contributed by atoms with Crippen LogP contribution in [0.5, 0.6) is 11.5 Å². The van der Waals surface area contributed by atoms with E-state index in [2.05, 4.69) is 19.6 Å². The van der Waals surface area contributed by atoms with Crippen molar-refractivity contribution in [2.24, 2.45) is 0 Å². The second kappa shape index (κ2) is 10.3. The van der Waals surface area contributed by atoms with E-state index in [1.165, 1.54) is 12.1 Å². The number of benzene rings is 2. The molecule has 7 nitrogen and oxygen atoms in total. The molecule has 0 aliphatic carbocycles. The predicted octanol–water partition coefficient (Wildman–Crippen LogP) is 4.76. The van der Waals surface area contributed by atoms with Gasteiger partial charge in [0.05, 0.1) is 12.1 Å². The molecule has 2 heterocycles. The Balaban J connectivity index is 1.38. The summed E-state index contributed by atoms with van der Waals surface area (Å²) in [5.41, 5.74) is 3.96. The minimum atomic E-state index is -4.75. The van der Waals surface area contributed by atoms with Crippen molar-refractivity contribution in [2.45, 2.75) is 39.3 Å². The zero-order chi connectivity index (χ0) is 25.0. The van der Waals surface area contributed by atoms with Gasteiger partial charge >= 0.3 is 12.3 Å². The Bertz CT molecular complexity index is 1200. The van der Waals surface area contributed by atoms with Crippen molar-refractivity contribution in [1.29, 1.82) is 0 Å². The van der Waals surface area contributed by atoms with Crippen LogP contribution in [0.25, 0.3) is 11.4 Å². The van der Waals surface area contributed by atoms with Crippen LogP contribution in [0.2, 0.25) is 0 Å². The van der Waals surface area contributed by atoms with E-state index >= 15 is 0 Å². The normalized spacial score (nSPS) is 13.8. The molecule has 0 atom stereocenters. The smallest absolute Gasteiger partial charge is 0.489 e. The summed E-state index contributed by atoms with van der Waals surface area (Å²) in [6.45, 7) is 3.65. The third kappa shape index (κ3) is 6.92. The minimum absolute atomic E-state index is 0.0863. The van der Waals surface area contributed by atoms with Crippen molar-refractivity contribution in [3.63, 3.8) is 0 Å². The van der Waals surface area contributed by atoms with Gasteiger partial charge in [-0.15, -0.1) is 13.2 Å². The van der Waals surface area contributed by atoms with Crippen LogP contribution in [0.1, 0.15) is 28.8 Å². The molecule has 3 aromatic rings. The summed E-state index contributed by atoms with van der Waals surface area (Å²) in [5, 5.41) is 8.87. The number of hydrogen-bond donors (Lipinski definition) is 1. The maximum Gasteiger partial charge on any atom is 0.573 e. The number of fused-ring (bicyclic) bond motifs is 1. The van der Waals surface area contributed by atoms with E-state index in [0.717, 1.165) is 29.8 Å². The summed E-state index contributed by atoms with van der Waals surface area (Å²) in [6, 6.07) is 11.5. The molecule has 0 saturated heterocycles. The SMILES string of the molecule is Cc1cc(COc2ccc(-c3ncc4c(n3)CCN(CCC(=O)O)C4)cc2)cc(OC(F)(F)F)c1. The summed E-state index contributed by atoms with van der Waals surface area (Å²) in [5.74, 6) is 0.0532. The van der Waals surface area contributed by atoms with Crippen LogP contribution >= 0.6 is 0 Å². The summed E-state index contributed by atoms with van der Waals surface area (Å²) in [6.07, 6.45) is -2.13. The van der Waals surface area contributed by atoms with Gasteiger partial charge in [0, 0.05) is 43.4 Å². The van der Waals surface area contributed by atoms with Crippen LogP contribution in [0.3, 0.4) is 0 Å². The van der Waals surface area contributed by atoms with E-state index in [4.69, 9.17) is 9.84 Å². The van der Waals surface area contributed by atoms with Crippen LogP contribution in [-0.2, 0) is 24.4 Å². The lowest BCUT2D eigenvalue weighted by atomic mass is 10.1. The molecule has 184 valence electrons. The lowest BCUT2D eigenvalue weighted by molar-refractivity contribution is -0.274. The molecule has 0 spiro atoms. The molecule has 0 radical (unpaired) electrons. The highest BCUT2D eigenvalue weighted by Crippen LogP contribution is 2.27. The van der Waals surface area contributed by atoms with Gasteiger partial charge in [0.25, 0.3) is 0 Å². The van der Waals surface area contributed by atoms with Crippen molar-refractivity contribution < 1.29 is 32.5 Å². The highest BCUT2D eigenvalue weighted by atomic mass is 19.4. The maximum absolute atomic E-state index is 12.5. The Labute approximate surface area is 200 Å². The minimum Gasteiger partial charge on any atom is -0.489 e. The number of aliphatic carboxylic acids is 1. The van der Waals surface area contributed by atoms with Gasteiger partial charge in [0.2, 0.25) is 0 Å². The average molecular weight is 487 g/mol. The Morgan fingerprint density at radius 3 is 2.63 bits per heavy atom. The number of hydrogen-bond acceptors (Lipinski definition) is 6. The standard InChI is InChI=1S/C25H24F3N3O4/c1-16-10-17(12-21(11-16)35-25(26,27)28)15-34-20-4-2-18(3-5-20)24-29-13-19-14-31(9-7-23(32)33)8-6-22(19)30-24/h2-5,10-13H,6-9,14-15H2,1H3,(H,32,33). The molecule has 1 aromatic heterocycles. The number of rotatable bonds is 8. The molecular weight excluding hydrogens is 463 g/mol. The van der Waals surface area contributed by atoms with Crippen LogP contribution in [-0.4, -0.2) is 45.4 Å². The number of carboxylic acid groups (broad SMARTS) is 1. The first-order valence-electron chi connectivity index (χ1n) is 11.0.